The molecule has 1 aliphatic carbocycles. The number of halogens is 1. The molecular weight excluding hydrogens is 283 g/mol. The first kappa shape index (κ1) is 16.7. The lowest BCUT2D eigenvalue weighted by atomic mass is 9.71. The van der Waals surface area contributed by atoms with Crippen LogP contribution in [-0.4, -0.2) is 19.6 Å². The Bertz CT molecular complexity index is 513. The minimum Gasteiger partial charge on any atom is -0.494 e. The smallest absolute Gasteiger partial charge is 0.220 e. The lowest BCUT2D eigenvalue weighted by Crippen LogP contribution is -2.38. The summed E-state index contributed by atoms with van der Waals surface area (Å²) in [4.78, 5) is 12.2. The number of methoxy groups -OCH3 is 1. The van der Waals surface area contributed by atoms with Crippen LogP contribution in [0, 0.1) is 11.2 Å². The summed E-state index contributed by atoms with van der Waals surface area (Å²) in [6.07, 6.45) is 6.03. The van der Waals surface area contributed by atoms with Gasteiger partial charge in [-0.2, -0.15) is 0 Å². The lowest BCUT2D eigenvalue weighted by Gasteiger charge is -2.35. The number of rotatable bonds is 6. The highest BCUT2D eigenvalue weighted by atomic mass is 19.1. The van der Waals surface area contributed by atoms with Crippen LogP contribution in [0.5, 0.6) is 5.75 Å². The van der Waals surface area contributed by atoms with E-state index in [4.69, 9.17) is 10.5 Å². The summed E-state index contributed by atoms with van der Waals surface area (Å²) >= 11 is 0. The fourth-order valence-electron chi connectivity index (χ4n) is 3.18. The Kier molecular flexibility index (Phi) is 5.77. The predicted molar refractivity (Wildman–Crippen MR) is 84.0 cm³/mol. The standard InChI is InChI=1S/C17H25FN2O2/c1-22-15-6-5-13(9-14(15)18)11-20-16(21)10-17(12-19)7-3-2-4-8-17/h5-6,9H,2-4,7-8,10-12,19H2,1H3,(H,20,21). The summed E-state index contributed by atoms with van der Waals surface area (Å²) in [6, 6.07) is 4.71. The van der Waals surface area contributed by atoms with Gasteiger partial charge in [0.25, 0.3) is 0 Å². The molecule has 0 aliphatic heterocycles. The number of carbonyl (C=O) groups excluding carboxylic acids is 1. The lowest BCUT2D eigenvalue weighted by molar-refractivity contribution is -0.124. The van der Waals surface area contributed by atoms with Gasteiger partial charge in [-0.15, -0.1) is 0 Å². The first-order valence-electron chi connectivity index (χ1n) is 7.88. The maximum absolute atomic E-state index is 13.6. The summed E-state index contributed by atoms with van der Waals surface area (Å²) in [7, 11) is 1.43. The van der Waals surface area contributed by atoms with Crippen molar-refractivity contribution in [1.82, 2.24) is 5.32 Å². The maximum atomic E-state index is 13.6. The second-order valence-electron chi connectivity index (χ2n) is 6.19. The molecule has 3 N–H and O–H groups in total. The number of ether oxygens (including phenoxy) is 1. The average Bonchev–Trinajstić information content (AvgIpc) is 2.54. The van der Waals surface area contributed by atoms with Gasteiger partial charge in [0.05, 0.1) is 7.11 Å². The highest BCUT2D eigenvalue weighted by Crippen LogP contribution is 2.38. The first-order chi connectivity index (χ1) is 10.6. The number of nitrogens with one attached hydrogen (secondary N) is 1. The molecule has 0 heterocycles. The Hall–Kier alpha value is -1.62. The van der Waals surface area contributed by atoms with Gasteiger partial charge in [-0.3, -0.25) is 4.79 Å². The molecule has 0 unspecified atom stereocenters. The second kappa shape index (κ2) is 7.58. The van der Waals surface area contributed by atoms with Crippen LogP contribution in [0.15, 0.2) is 18.2 Å². The minimum atomic E-state index is -0.417. The Labute approximate surface area is 131 Å². The van der Waals surface area contributed by atoms with E-state index in [-0.39, 0.29) is 17.1 Å². The number of hydrogen-bond donors (Lipinski definition) is 2. The molecule has 1 saturated carbocycles. The van der Waals surface area contributed by atoms with Gasteiger partial charge in [-0.05, 0) is 42.5 Å². The highest BCUT2D eigenvalue weighted by Gasteiger charge is 2.32. The van der Waals surface area contributed by atoms with Crippen LogP contribution in [0.4, 0.5) is 4.39 Å². The zero-order chi connectivity index (χ0) is 16.0. The van der Waals surface area contributed by atoms with Crippen LogP contribution < -0.4 is 15.8 Å². The van der Waals surface area contributed by atoms with Crippen molar-refractivity contribution in [3.63, 3.8) is 0 Å². The van der Waals surface area contributed by atoms with Gasteiger partial charge in [-0.25, -0.2) is 4.39 Å². The van der Waals surface area contributed by atoms with Crippen molar-refractivity contribution in [2.75, 3.05) is 13.7 Å². The van der Waals surface area contributed by atoms with E-state index in [1.54, 1.807) is 12.1 Å². The molecule has 0 radical (unpaired) electrons. The zero-order valence-electron chi connectivity index (χ0n) is 13.2. The van der Waals surface area contributed by atoms with Gasteiger partial charge in [0.2, 0.25) is 5.91 Å². The zero-order valence-corrected chi connectivity index (χ0v) is 13.2. The second-order valence-corrected chi connectivity index (χ2v) is 6.19. The molecule has 1 fully saturated rings. The van der Waals surface area contributed by atoms with E-state index < -0.39 is 5.82 Å². The van der Waals surface area contributed by atoms with Crippen molar-refractivity contribution < 1.29 is 13.9 Å². The molecule has 4 nitrogen and oxygen atoms in total. The van der Waals surface area contributed by atoms with E-state index in [0.717, 1.165) is 31.2 Å². The molecule has 122 valence electrons. The SMILES string of the molecule is COc1ccc(CNC(=O)CC2(CN)CCCCC2)cc1F. The monoisotopic (exact) mass is 308 g/mol. The van der Waals surface area contributed by atoms with Gasteiger partial charge >= 0.3 is 0 Å². The third-order valence-electron chi connectivity index (χ3n) is 4.59. The van der Waals surface area contributed by atoms with Crippen molar-refractivity contribution in [3.8, 4) is 5.75 Å². The Morgan fingerprint density at radius 2 is 2.09 bits per heavy atom. The molecule has 0 spiro atoms. The first-order valence-corrected chi connectivity index (χ1v) is 7.88. The molecule has 1 amide bonds. The summed E-state index contributed by atoms with van der Waals surface area (Å²) in [5.41, 5.74) is 6.57. The van der Waals surface area contributed by atoms with Gasteiger partial charge in [0, 0.05) is 13.0 Å². The molecule has 0 aromatic heterocycles. The quantitative estimate of drug-likeness (QED) is 0.849. The molecule has 22 heavy (non-hydrogen) atoms. The molecule has 1 aromatic carbocycles. The highest BCUT2D eigenvalue weighted by molar-refractivity contribution is 5.76. The maximum Gasteiger partial charge on any atom is 0.220 e. The molecule has 5 heteroatoms. The molecule has 1 aromatic rings. The summed E-state index contributed by atoms with van der Waals surface area (Å²) < 4.78 is 18.5. The van der Waals surface area contributed by atoms with E-state index in [1.807, 2.05) is 0 Å². The fraction of sp³-hybridized carbons (Fsp3) is 0.588. The molecule has 2 rings (SSSR count). The van der Waals surface area contributed by atoms with Crippen molar-refractivity contribution in [3.05, 3.63) is 29.6 Å². The largest absolute Gasteiger partial charge is 0.494 e. The Balaban J connectivity index is 1.88. The van der Waals surface area contributed by atoms with Crippen molar-refractivity contribution in [2.24, 2.45) is 11.1 Å². The van der Waals surface area contributed by atoms with E-state index >= 15 is 0 Å². The topological polar surface area (TPSA) is 64.3 Å². The average molecular weight is 308 g/mol. The minimum absolute atomic E-state index is 0.0106. The Morgan fingerprint density at radius 3 is 2.68 bits per heavy atom. The molecule has 0 bridgehead atoms. The molecule has 1 aliphatic rings. The summed E-state index contributed by atoms with van der Waals surface area (Å²) in [5, 5.41) is 2.87. The number of benzene rings is 1. The van der Waals surface area contributed by atoms with E-state index in [1.165, 1.54) is 19.6 Å². The number of amides is 1. The van der Waals surface area contributed by atoms with Crippen LogP contribution in [0.25, 0.3) is 0 Å². The Morgan fingerprint density at radius 1 is 1.36 bits per heavy atom. The van der Waals surface area contributed by atoms with E-state index in [9.17, 15) is 9.18 Å². The van der Waals surface area contributed by atoms with Gasteiger partial charge < -0.3 is 15.8 Å². The van der Waals surface area contributed by atoms with Crippen molar-refractivity contribution in [2.45, 2.75) is 45.1 Å². The fourth-order valence-corrected chi connectivity index (χ4v) is 3.18. The van der Waals surface area contributed by atoms with Crippen molar-refractivity contribution in [1.29, 1.82) is 0 Å². The molecule has 0 saturated heterocycles. The van der Waals surface area contributed by atoms with Gasteiger partial charge in [0.15, 0.2) is 11.6 Å². The predicted octanol–water partition coefficient (Wildman–Crippen LogP) is 2.75. The summed E-state index contributed by atoms with van der Waals surface area (Å²) in [6.45, 7) is 0.873. The van der Waals surface area contributed by atoms with Crippen LogP contribution in [0.3, 0.4) is 0 Å². The molecule has 0 atom stereocenters. The molecular formula is C17H25FN2O2. The number of carbonyl (C=O) groups is 1. The van der Waals surface area contributed by atoms with Gasteiger partial charge in [-0.1, -0.05) is 25.3 Å². The van der Waals surface area contributed by atoms with Crippen LogP contribution in [0.1, 0.15) is 44.1 Å². The van der Waals surface area contributed by atoms with Crippen molar-refractivity contribution >= 4 is 5.91 Å². The van der Waals surface area contributed by atoms with Crippen LogP contribution >= 0.6 is 0 Å². The van der Waals surface area contributed by atoms with E-state index in [0.29, 0.717) is 19.5 Å². The number of hydrogen-bond acceptors (Lipinski definition) is 3. The normalized spacial score (nSPS) is 17.0. The third kappa shape index (κ3) is 4.19. The summed E-state index contributed by atoms with van der Waals surface area (Å²) in [5.74, 6) is -0.220. The number of nitrogens with two attached hydrogens (primary N) is 1. The van der Waals surface area contributed by atoms with Crippen LogP contribution in [0.2, 0.25) is 0 Å². The van der Waals surface area contributed by atoms with Gasteiger partial charge in [0.1, 0.15) is 0 Å². The van der Waals surface area contributed by atoms with E-state index in [2.05, 4.69) is 5.32 Å². The third-order valence-corrected chi connectivity index (χ3v) is 4.59. The van der Waals surface area contributed by atoms with Crippen LogP contribution in [-0.2, 0) is 11.3 Å².